The van der Waals surface area contributed by atoms with Crippen molar-refractivity contribution in [2.24, 2.45) is 5.92 Å². The van der Waals surface area contributed by atoms with Crippen molar-refractivity contribution in [3.8, 4) is 0 Å². The predicted octanol–water partition coefficient (Wildman–Crippen LogP) is 2.46. The number of hydrogen-bond acceptors (Lipinski definition) is 2. The fourth-order valence-electron chi connectivity index (χ4n) is 1.50. The largest absolute Gasteiger partial charge is 0.382 e. The molecule has 1 saturated carbocycles. The molecule has 2 unspecified atom stereocenters. The first kappa shape index (κ1) is 8.54. The Kier molecular flexibility index (Phi) is 2.21. The van der Waals surface area contributed by atoms with Crippen LogP contribution in [0.3, 0.4) is 0 Å². The van der Waals surface area contributed by atoms with E-state index >= 15 is 0 Å². The molecule has 1 aliphatic carbocycles. The van der Waals surface area contributed by atoms with Crippen molar-refractivity contribution in [1.82, 2.24) is 4.98 Å². The van der Waals surface area contributed by atoms with E-state index in [4.69, 9.17) is 0 Å². The van der Waals surface area contributed by atoms with E-state index in [9.17, 15) is 0 Å². The van der Waals surface area contributed by atoms with Gasteiger partial charge in [-0.3, -0.25) is 4.98 Å². The minimum Gasteiger partial charge on any atom is -0.382 e. The van der Waals surface area contributed by atoms with Gasteiger partial charge in [-0.2, -0.15) is 0 Å². The van der Waals surface area contributed by atoms with Crippen molar-refractivity contribution < 1.29 is 0 Å². The van der Waals surface area contributed by atoms with E-state index in [0.717, 1.165) is 12.3 Å². The Bertz CT molecular complexity index is 296. The number of nitrogens with zero attached hydrogens (tertiary/aromatic N) is 1. The average Bonchev–Trinajstić information content (AvgIpc) is 2.82. The van der Waals surface area contributed by atoms with Gasteiger partial charge in [0, 0.05) is 23.6 Å². The van der Waals surface area contributed by atoms with Crippen LogP contribution in [0.2, 0.25) is 0 Å². The van der Waals surface area contributed by atoms with Gasteiger partial charge in [0.15, 0.2) is 0 Å². The Balaban J connectivity index is 2.03. The highest BCUT2D eigenvalue weighted by Crippen LogP contribution is 2.32. The number of nitrogens with one attached hydrogen (secondary N) is 1. The van der Waals surface area contributed by atoms with E-state index < -0.39 is 0 Å². The second kappa shape index (κ2) is 3.36. The van der Waals surface area contributed by atoms with Gasteiger partial charge in [-0.25, -0.2) is 0 Å². The third-order valence-corrected chi connectivity index (χ3v) is 2.64. The van der Waals surface area contributed by atoms with Crippen LogP contribution >= 0.6 is 0 Å². The van der Waals surface area contributed by atoms with E-state index in [0.29, 0.717) is 6.04 Å². The summed E-state index contributed by atoms with van der Waals surface area (Å²) in [4.78, 5) is 4.26. The summed E-state index contributed by atoms with van der Waals surface area (Å²) in [6.45, 7) is 4.41. The van der Waals surface area contributed by atoms with E-state index in [2.05, 4.69) is 30.2 Å². The lowest BCUT2D eigenvalue weighted by atomic mass is 10.2. The molecule has 2 nitrogen and oxygen atoms in total. The highest BCUT2D eigenvalue weighted by molar-refractivity contribution is 5.45. The van der Waals surface area contributed by atoms with E-state index in [1.165, 1.54) is 17.8 Å². The number of aryl methyl sites for hydroxylation is 1. The Morgan fingerprint density at radius 1 is 1.62 bits per heavy atom. The standard InChI is InChI=1S/C11H16N2/c1-3-9-7-10(4-5-12-9)13-11-6-8(11)2/h4-5,7-8,11H,3,6H2,1-2H3,(H,12,13). The van der Waals surface area contributed by atoms with Crippen LogP contribution in [0.1, 0.15) is 26.0 Å². The molecule has 0 saturated heterocycles. The lowest BCUT2D eigenvalue weighted by Gasteiger charge is -2.05. The molecule has 0 aromatic carbocycles. The minimum atomic E-state index is 0.701. The maximum absolute atomic E-state index is 4.26. The summed E-state index contributed by atoms with van der Waals surface area (Å²) in [5, 5.41) is 3.50. The monoisotopic (exact) mass is 176 g/mol. The maximum Gasteiger partial charge on any atom is 0.0421 e. The summed E-state index contributed by atoms with van der Waals surface area (Å²) in [7, 11) is 0. The molecule has 1 aliphatic rings. The van der Waals surface area contributed by atoms with Crippen molar-refractivity contribution in [3.63, 3.8) is 0 Å². The van der Waals surface area contributed by atoms with Crippen molar-refractivity contribution in [2.45, 2.75) is 32.7 Å². The summed E-state index contributed by atoms with van der Waals surface area (Å²) in [6.07, 6.45) is 4.20. The third-order valence-electron chi connectivity index (χ3n) is 2.64. The van der Waals surface area contributed by atoms with Crippen LogP contribution in [0.15, 0.2) is 18.3 Å². The molecule has 70 valence electrons. The maximum atomic E-state index is 4.26. The molecule has 0 radical (unpaired) electrons. The molecule has 1 fully saturated rings. The lowest BCUT2D eigenvalue weighted by Crippen LogP contribution is -2.03. The first-order valence-corrected chi connectivity index (χ1v) is 5.01. The number of rotatable bonds is 3. The Hall–Kier alpha value is -1.05. The SMILES string of the molecule is CCc1cc(NC2CC2C)ccn1. The Morgan fingerprint density at radius 3 is 3.00 bits per heavy atom. The zero-order valence-corrected chi connectivity index (χ0v) is 8.25. The molecule has 2 atom stereocenters. The van der Waals surface area contributed by atoms with E-state index in [-0.39, 0.29) is 0 Å². The van der Waals surface area contributed by atoms with Crippen LogP contribution in [0.25, 0.3) is 0 Å². The molecule has 0 amide bonds. The Labute approximate surface area is 79.4 Å². The topological polar surface area (TPSA) is 24.9 Å². The number of anilines is 1. The normalized spacial score (nSPS) is 25.7. The number of hydrogen-bond donors (Lipinski definition) is 1. The number of aromatic nitrogens is 1. The van der Waals surface area contributed by atoms with Gasteiger partial charge < -0.3 is 5.32 Å². The zero-order chi connectivity index (χ0) is 9.26. The predicted molar refractivity (Wildman–Crippen MR) is 54.8 cm³/mol. The van der Waals surface area contributed by atoms with Crippen molar-refractivity contribution in [1.29, 1.82) is 0 Å². The smallest absolute Gasteiger partial charge is 0.0421 e. The second-order valence-corrected chi connectivity index (χ2v) is 3.85. The molecule has 1 aromatic heterocycles. The Morgan fingerprint density at radius 2 is 2.38 bits per heavy atom. The fraction of sp³-hybridized carbons (Fsp3) is 0.545. The van der Waals surface area contributed by atoms with Gasteiger partial charge in [-0.1, -0.05) is 13.8 Å². The summed E-state index contributed by atoms with van der Waals surface area (Å²) >= 11 is 0. The molecule has 1 heterocycles. The molecule has 2 rings (SSSR count). The van der Waals surface area contributed by atoms with Gasteiger partial charge in [-0.05, 0) is 30.9 Å². The van der Waals surface area contributed by atoms with Crippen molar-refractivity contribution in [3.05, 3.63) is 24.0 Å². The van der Waals surface area contributed by atoms with Gasteiger partial charge in [-0.15, -0.1) is 0 Å². The van der Waals surface area contributed by atoms with Gasteiger partial charge in [0.05, 0.1) is 0 Å². The van der Waals surface area contributed by atoms with Crippen LogP contribution in [-0.4, -0.2) is 11.0 Å². The summed E-state index contributed by atoms with van der Waals surface area (Å²) in [6, 6.07) is 4.89. The highest BCUT2D eigenvalue weighted by Gasteiger charge is 2.32. The molecule has 0 aliphatic heterocycles. The fourth-order valence-corrected chi connectivity index (χ4v) is 1.50. The quantitative estimate of drug-likeness (QED) is 0.765. The number of pyridine rings is 1. The van der Waals surface area contributed by atoms with Crippen LogP contribution < -0.4 is 5.32 Å². The first-order valence-electron chi connectivity index (χ1n) is 5.01. The van der Waals surface area contributed by atoms with Gasteiger partial charge >= 0.3 is 0 Å². The summed E-state index contributed by atoms with van der Waals surface area (Å²) in [5.41, 5.74) is 2.39. The van der Waals surface area contributed by atoms with Crippen LogP contribution in [0.4, 0.5) is 5.69 Å². The van der Waals surface area contributed by atoms with Crippen LogP contribution in [0.5, 0.6) is 0 Å². The van der Waals surface area contributed by atoms with Gasteiger partial charge in [0.1, 0.15) is 0 Å². The van der Waals surface area contributed by atoms with Gasteiger partial charge in [0.2, 0.25) is 0 Å². The molecule has 0 spiro atoms. The van der Waals surface area contributed by atoms with Crippen LogP contribution in [-0.2, 0) is 6.42 Å². The first-order chi connectivity index (χ1) is 6.29. The molecule has 1 aromatic rings. The van der Waals surface area contributed by atoms with Gasteiger partial charge in [0.25, 0.3) is 0 Å². The van der Waals surface area contributed by atoms with Crippen LogP contribution in [0, 0.1) is 5.92 Å². The lowest BCUT2D eigenvalue weighted by molar-refractivity contribution is 0.927. The van der Waals surface area contributed by atoms with E-state index in [1.807, 2.05) is 12.3 Å². The van der Waals surface area contributed by atoms with Crippen molar-refractivity contribution in [2.75, 3.05) is 5.32 Å². The zero-order valence-electron chi connectivity index (χ0n) is 8.25. The summed E-state index contributed by atoms with van der Waals surface area (Å²) in [5.74, 6) is 0.846. The average molecular weight is 176 g/mol. The highest BCUT2D eigenvalue weighted by atomic mass is 15.0. The molecule has 0 bridgehead atoms. The summed E-state index contributed by atoms with van der Waals surface area (Å²) < 4.78 is 0. The molecular weight excluding hydrogens is 160 g/mol. The molecule has 1 N–H and O–H groups in total. The third kappa shape index (κ3) is 2.00. The molecule has 2 heteroatoms. The van der Waals surface area contributed by atoms with Crippen molar-refractivity contribution >= 4 is 5.69 Å². The minimum absolute atomic E-state index is 0.701. The second-order valence-electron chi connectivity index (χ2n) is 3.85. The van der Waals surface area contributed by atoms with E-state index in [1.54, 1.807) is 0 Å². The molecule has 13 heavy (non-hydrogen) atoms. The molecular formula is C11H16N2.